The van der Waals surface area contributed by atoms with Gasteiger partial charge in [0.25, 0.3) is 0 Å². The third-order valence-corrected chi connectivity index (χ3v) is 6.76. The molecule has 5 heteroatoms. The van der Waals surface area contributed by atoms with Gasteiger partial charge in [-0.3, -0.25) is 9.78 Å². The maximum atomic E-state index is 13.4. The molecule has 2 fully saturated rings. The van der Waals surface area contributed by atoms with E-state index in [0.29, 0.717) is 19.1 Å². The van der Waals surface area contributed by atoms with Crippen molar-refractivity contribution in [3.63, 3.8) is 0 Å². The van der Waals surface area contributed by atoms with Crippen LogP contribution in [0.2, 0.25) is 0 Å². The molecule has 1 amide bonds. The van der Waals surface area contributed by atoms with Crippen molar-refractivity contribution in [1.82, 2.24) is 15.2 Å². The number of amides is 1. The molecule has 1 aromatic carbocycles. The van der Waals surface area contributed by atoms with Crippen molar-refractivity contribution in [2.75, 3.05) is 39.4 Å². The molecule has 0 saturated carbocycles. The first kappa shape index (κ1) is 21.0. The standard InChI is InChI=1S/C25H33N3O2/c1-2-28-12-8-21(19-28)17-27-24(29)25(9-13-30-14-10-25)16-20-5-3-6-22(15-20)23-7-4-11-26-18-23/h3-7,11,15,18,21H,2,8-10,12-14,16-17,19H2,1H3,(H,27,29)/t21-/m0/s1. The Morgan fingerprint density at radius 2 is 2.07 bits per heavy atom. The number of nitrogens with one attached hydrogen (secondary N) is 1. The molecule has 160 valence electrons. The average molecular weight is 408 g/mol. The lowest BCUT2D eigenvalue weighted by Crippen LogP contribution is -2.47. The molecule has 0 unspecified atom stereocenters. The number of aromatic nitrogens is 1. The topological polar surface area (TPSA) is 54.5 Å². The molecule has 1 aromatic heterocycles. The number of hydrogen-bond donors (Lipinski definition) is 1. The SMILES string of the molecule is CCN1CC[C@@H](CNC(=O)C2(Cc3cccc(-c4cccnc4)c3)CCOCC2)C1. The van der Waals surface area contributed by atoms with Crippen LogP contribution < -0.4 is 5.32 Å². The van der Waals surface area contributed by atoms with Gasteiger partial charge in [-0.2, -0.15) is 0 Å². The first-order valence-corrected chi connectivity index (χ1v) is 11.3. The van der Waals surface area contributed by atoms with E-state index in [0.717, 1.165) is 56.6 Å². The summed E-state index contributed by atoms with van der Waals surface area (Å²) < 4.78 is 5.62. The van der Waals surface area contributed by atoms with Crippen molar-refractivity contribution in [2.24, 2.45) is 11.3 Å². The van der Waals surface area contributed by atoms with Crippen molar-refractivity contribution < 1.29 is 9.53 Å². The van der Waals surface area contributed by atoms with Crippen molar-refractivity contribution in [2.45, 2.75) is 32.6 Å². The van der Waals surface area contributed by atoms with Gasteiger partial charge in [0.05, 0.1) is 5.41 Å². The largest absolute Gasteiger partial charge is 0.381 e. The molecule has 2 saturated heterocycles. The second-order valence-corrected chi connectivity index (χ2v) is 8.77. The summed E-state index contributed by atoms with van der Waals surface area (Å²) in [6.45, 7) is 7.65. The summed E-state index contributed by atoms with van der Waals surface area (Å²) >= 11 is 0. The van der Waals surface area contributed by atoms with Gasteiger partial charge in [0, 0.05) is 38.7 Å². The van der Waals surface area contributed by atoms with Gasteiger partial charge in [0.1, 0.15) is 0 Å². The third-order valence-electron chi connectivity index (χ3n) is 6.76. The van der Waals surface area contributed by atoms with E-state index in [2.05, 4.69) is 52.5 Å². The van der Waals surface area contributed by atoms with E-state index in [4.69, 9.17) is 4.74 Å². The number of hydrogen-bond acceptors (Lipinski definition) is 4. The lowest BCUT2D eigenvalue weighted by molar-refractivity contribution is -0.136. The molecule has 0 bridgehead atoms. The van der Waals surface area contributed by atoms with E-state index in [9.17, 15) is 4.79 Å². The average Bonchev–Trinajstić information content (AvgIpc) is 3.27. The Hall–Kier alpha value is -2.24. The molecule has 0 aliphatic carbocycles. The van der Waals surface area contributed by atoms with Gasteiger partial charge >= 0.3 is 0 Å². The van der Waals surface area contributed by atoms with Crippen LogP contribution in [0, 0.1) is 11.3 Å². The highest BCUT2D eigenvalue weighted by atomic mass is 16.5. The van der Waals surface area contributed by atoms with Crippen molar-refractivity contribution >= 4 is 5.91 Å². The molecule has 0 spiro atoms. The fourth-order valence-corrected chi connectivity index (χ4v) is 4.82. The van der Waals surface area contributed by atoms with E-state index >= 15 is 0 Å². The Bertz CT molecular complexity index is 833. The highest BCUT2D eigenvalue weighted by molar-refractivity contribution is 5.83. The van der Waals surface area contributed by atoms with Crippen LogP contribution in [-0.4, -0.2) is 55.2 Å². The van der Waals surface area contributed by atoms with Gasteiger partial charge in [0.15, 0.2) is 0 Å². The first-order chi connectivity index (χ1) is 14.7. The number of carbonyl (C=O) groups excluding carboxylic acids is 1. The van der Waals surface area contributed by atoms with E-state index < -0.39 is 0 Å². The Morgan fingerprint density at radius 3 is 2.80 bits per heavy atom. The Labute approximate surface area is 179 Å². The maximum absolute atomic E-state index is 13.4. The van der Waals surface area contributed by atoms with Crippen molar-refractivity contribution in [3.05, 3.63) is 54.4 Å². The normalized spacial score (nSPS) is 21.4. The Morgan fingerprint density at radius 1 is 1.23 bits per heavy atom. The summed E-state index contributed by atoms with van der Waals surface area (Å²) in [5.74, 6) is 0.771. The highest BCUT2D eigenvalue weighted by Gasteiger charge is 2.40. The van der Waals surface area contributed by atoms with Crippen LogP contribution >= 0.6 is 0 Å². The van der Waals surface area contributed by atoms with Crippen LogP contribution in [0.4, 0.5) is 0 Å². The van der Waals surface area contributed by atoms with E-state index in [1.54, 1.807) is 6.20 Å². The van der Waals surface area contributed by atoms with Crippen molar-refractivity contribution in [3.8, 4) is 11.1 Å². The fourth-order valence-electron chi connectivity index (χ4n) is 4.82. The summed E-state index contributed by atoms with van der Waals surface area (Å²) in [6, 6.07) is 12.6. The second-order valence-electron chi connectivity index (χ2n) is 8.77. The van der Waals surface area contributed by atoms with Crippen LogP contribution in [0.1, 0.15) is 31.7 Å². The molecule has 2 aliphatic rings. The predicted molar refractivity (Wildman–Crippen MR) is 119 cm³/mol. The molecular weight excluding hydrogens is 374 g/mol. The lowest BCUT2D eigenvalue weighted by Gasteiger charge is -2.36. The zero-order valence-corrected chi connectivity index (χ0v) is 18.0. The number of ether oxygens (including phenoxy) is 1. The summed E-state index contributed by atoms with van der Waals surface area (Å²) in [6.07, 6.45) is 7.17. The minimum Gasteiger partial charge on any atom is -0.381 e. The summed E-state index contributed by atoms with van der Waals surface area (Å²) in [5.41, 5.74) is 3.07. The van der Waals surface area contributed by atoms with Gasteiger partial charge in [-0.15, -0.1) is 0 Å². The molecule has 0 radical (unpaired) electrons. The van der Waals surface area contributed by atoms with Crippen LogP contribution in [0.15, 0.2) is 48.8 Å². The number of carbonyl (C=O) groups is 1. The van der Waals surface area contributed by atoms with Crippen LogP contribution in [0.3, 0.4) is 0 Å². The van der Waals surface area contributed by atoms with Crippen LogP contribution in [0.25, 0.3) is 11.1 Å². The summed E-state index contributed by atoms with van der Waals surface area (Å²) in [4.78, 5) is 20.1. The van der Waals surface area contributed by atoms with Crippen LogP contribution in [-0.2, 0) is 16.0 Å². The first-order valence-electron chi connectivity index (χ1n) is 11.3. The smallest absolute Gasteiger partial charge is 0.226 e. The molecule has 5 nitrogen and oxygen atoms in total. The monoisotopic (exact) mass is 407 g/mol. The molecule has 1 N–H and O–H groups in total. The second kappa shape index (κ2) is 9.71. The van der Waals surface area contributed by atoms with Gasteiger partial charge in [-0.1, -0.05) is 37.3 Å². The van der Waals surface area contributed by atoms with E-state index in [1.807, 2.05) is 12.3 Å². The Kier molecular flexibility index (Phi) is 6.80. The molecule has 30 heavy (non-hydrogen) atoms. The van der Waals surface area contributed by atoms with Gasteiger partial charge in [-0.05, 0) is 67.4 Å². The molecule has 1 atom stereocenters. The third kappa shape index (κ3) is 4.90. The molecule has 2 aromatic rings. The zero-order valence-electron chi connectivity index (χ0n) is 18.0. The van der Waals surface area contributed by atoms with Crippen molar-refractivity contribution in [1.29, 1.82) is 0 Å². The highest BCUT2D eigenvalue weighted by Crippen LogP contribution is 2.36. The number of pyridine rings is 1. The summed E-state index contributed by atoms with van der Waals surface area (Å²) in [5, 5.41) is 3.32. The molecule has 2 aliphatic heterocycles. The van der Waals surface area contributed by atoms with E-state index in [-0.39, 0.29) is 11.3 Å². The summed E-state index contributed by atoms with van der Waals surface area (Å²) in [7, 11) is 0. The minimum atomic E-state index is -0.380. The van der Waals surface area contributed by atoms with E-state index in [1.165, 1.54) is 12.0 Å². The van der Waals surface area contributed by atoms with Gasteiger partial charge in [-0.25, -0.2) is 0 Å². The quantitative estimate of drug-likeness (QED) is 0.763. The zero-order chi connectivity index (χ0) is 20.8. The minimum absolute atomic E-state index is 0.201. The number of likely N-dealkylation sites (tertiary alicyclic amines) is 1. The molecule has 3 heterocycles. The number of nitrogens with zero attached hydrogens (tertiary/aromatic N) is 2. The Balaban J connectivity index is 1.46. The lowest BCUT2D eigenvalue weighted by atomic mass is 9.74. The van der Waals surface area contributed by atoms with Crippen LogP contribution in [0.5, 0.6) is 0 Å². The molecular formula is C25H33N3O2. The number of benzene rings is 1. The maximum Gasteiger partial charge on any atom is 0.226 e. The predicted octanol–water partition coefficient (Wildman–Crippen LogP) is 3.55. The molecule has 4 rings (SSSR count). The van der Waals surface area contributed by atoms with Gasteiger partial charge in [0.2, 0.25) is 5.91 Å². The van der Waals surface area contributed by atoms with Gasteiger partial charge < -0.3 is 15.0 Å². The fraction of sp³-hybridized carbons (Fsp3) is 0.520. The number of rotatable bonds is 7.